The predicted octanol–water partition coefficient (Wildman–Crippen LogP) is 2.40. The third-order valence-electron chi connectivity index (χ3n) is 1.96. The molecular weight excluding hydrogens is 317 g/mol. The summed E-state index contributed by atoms with van der Waals surface area (Å²) >= 11 is 2.15. The fourth-order valence-electron chi connectivity index (χ4n) is 1.35. The lowest BCUT2D eigenvalue weighted by atomic mass is 9.92. The first kappa shape index (κ1) is 13.6. The highest BCUT2D eigenvalue weighted by Crippen LogP contribution is 2.22. The number of methoxy groups -OCH3 is 1. The van der Waals surface area contributed by atoms with Crippen LogP contribution in [0.25, 0.3) is 0 Å². The summed E-state index contributed by atoms with van der Waals surface area (Å²) < 4.78 is 5.98. The molecule has 0 unspecified atom stereocenters. The lowest BCUT2D eigenvalue weighted by Gasteiger charge is -2.17. The molecule has 0 spiro atoms. The second-order valence-electron chi connectivity index (χ2n) is 4.96. The largest absolute Gasteiger partial charge is 0.383 e. The Morgan fingerprint density at radius 1 is 1.31 bits per heavy atom. The van der Waals surface area contributed by atoms with E-state index in [0.29, 0.717) is 12.4 Å². The first-order chi connectivity index (χ1) is 7.33. The van der Waals surface area contributed by atoms with E-state index in [9.17, 15) is 0 Å². The Kier molecular flexibility index (Phi) is 4.49. The summed E-state index contributed by atoms with van der Waals surface area (Å²) in [5.41, 5.74) is 6.88. The van der Waals surface area contributed by atoms with Gasteiger partial charge in [0.15, 0.2) is 0 Å². The van der Waals surface area contributed by atoms with E-state index in [1.54, 1.807) is 7.11 Å². The maximum absolute atomic E-state index is 5.86. The number of nitrogens with two attached hydrogens (primary N) is 1. The Bertz CT molecular complexity index is 374. The maximum Gasteiger partial charge on any atom is 0.140 e. The standard InChI is InChI=1S/C11H18IN3O/c1-11(2,3)5-8-14-7(6-16-4)9(12)10(13)15-8/h5-6H2,1-4H3,(H2,13,14,15). The number of hydrogen-bond donors (Lipinski definition) is 1. The summed E-state index contributed by atoms with van der Waals surface area (Å²) in [6, 6.07) is 0. The summed E-state index contributed by atoms with van der Waals surface area (Å²) in [5, 5.41) is 0. The van der Waals surface area contributed by atoms with E-state index >= 15 is 0 Å². The molecule has 0 saturated heterocycles. The lowest BCUT2D eigenvalue weighted by Crippen LogP contribution is -2.15. The Hall–Kier alpha value is -0.430. The minimum absolute atomic E-state index is 0.156. The van der Waals surface area contributed by atoms with E-state index in [-0.39, 0.29) is 5.41 Å². The van der Waals surface area contributed by atoms with Gasteiger partial charge in [-0.15, -0.1) is 0 Å². The number of ether oxygens (including phenoxy) is 1. The van der Waals surface area contributed by atoms with E-state index < -0.39 is 0 Å². The summed E-state index contributed by atoms with van der Waals surface area (Å²) in [7, 11) is 1.65. The fraction of sp³-hybridized carbons (Fsp3) is 0.636. The van der Waals surface area contributed by atoms with Gasteiger partial charge in [0.25, 0.3) is 0 Å². The Balaban J connectivity index is 3.04. The van der Waals surface area contributed by atoms with Crippen LogP contribution in [0.1, 0.15) is 32.3 Å². The predicted molar refractivity (Wildman–Crippen MR) is 73.0 cm³/mol. The Morgan fingerprint density at radius 2 is 1.94 bits per heavy atom. The van der Waals surface area contributed by atoms with Crippen LogP contribution in [0.15, 0.2) is 0 Å². The topological polar surface area (TPSA) is 61.0 Å². The highest BCUT2D eigenvalue weighted by molar-refractivity contribution is 14.1. The molecule has 0 amide bonds. The van der Waals surface area contributed by atoms with Crippen LogP contribution in [0.3, 0.4) is 0 Å². The quantitative estimate of drug-likeness (QED) is 0.862. The van der Waals surface area contributed by atoms with Crippen molar-refractivity contribution in [2.24, 2.45) is 5.41 Å². The molecule has 0 aliphatic heterocycles. The van der Waals surface area contributed by atoms with E-state index in [1.165, 1.54) is 0 Å². The monoisotopic (exact) mass is 335 g/mol. The van der Waals surface area contributed by atoms with Gasteiger partial charge >= 0.3 is 0 Å². The number of aromatic nitrogens is 2. The van der Waals surface area contributed by atoms with Crippen molar-refractivity contribution in [3.05, 3.63) is 15.1 Å². The highest BCUT2D eigenvalue weighted by Gasteiger charge is 2.16. The van der Waals surface area contributed by atoms with Crippen LogP contribution >= 0.6 is 22.6 Å². The van der Waals surface area contributed by atoms with E-state index in [0.717, 1.165) is 21.5 Å². The number of nitrogens with zero attached hydrogens (tertiary/aromatic N) is 2. The molecule has 1 heterocycles. The second kappa shape index (κ2) is 5.27. The molecule has 1 rings (SSSR count). The molecule has 2 N–H and O–H groups in total. The van der Waals surface area contributed by atoms with Gasteiger partial charge in [-0.3, -0.25) is 0 Å². The molecule has 0 atom stereocenters. The van der Waals surface area contributed by atoms with Crippen molar-refractivity contribution in [3.63, 3.8) is 0 Å². The zero-order valence-corrected chi connectivity index (χ0v) is 12.3. The lowest BCUT2D eigenvalue weighted by molar-refractivity contribution is 0.180. The molecule has 0 bridgehead atoms. The molecule has 0 saturated carbocycles. The maximum atomic E-state index is 5.86. The zero-order valence-electron chi connectivity index (χ0n) is 10.2. The molecule has 90 valence electrons. The van der Waals surface area contributed by atoms with Crippen molar-refractivity contribution >= 4 is 28.4 Å². The van der Waals surface area contributed by atoms with Crippen molar-refractivity contribution in [2.75, 3.05) is 12.8 Å². The molecular formula is C11H18IN3O. The van der Waals surface area contributed by atoms with E-state index in [2.05, 4.69) is 53.3 Å². The van der Waals surface area contributed by atoms with Crippen molar-refractivity contribution in [1.82, 2.24) is 9.97 Å². The van der Waals surface area contributed by atoms with E-state index in [4.69, 9.17) is 10.5 Å². The molecule has 1 aromatic rings. The van der Waals surface area contributed by atoms with E-state index in [1.807, 2.05) is 0 Å². The van der Waals surface area contributed by atoms with Gasteiger partial charge in [0, 0.05) is 13.5 Å². The SMILES string of the molecule is COCc1nc(CC(C)(C)C)nc(N)c1I. The minimum Gasteiger partial charge on any atom is -0.383 e. The van der Waals surface area contributed by atoms with Gasteiger partial charge in [-0.2, -0.15) is 0 Å². The first-order valence-electron chi connectivity index (χ1n) is 5.13. The summed E-state index contributed by atoms with van der Waals surface area (Å²) in [6.45, 7) is 6.93. The van der Waals surface area contributed by atoms with Gasteiger partial charge in [-0.1, -0.05) is 20.8 Å². The van der Waals surface area contributed by atoms with Gasteiger partial charge in [0.05, 0.1) is 15.9 Å². The number of nitrogen functional groups attached to an aromatic ring is 1. The molecule has 5 heteroatoms. The van der Waals surface area contributed by atoms with Crippen LogP contribution in [0.5, 0.6) is 0 Å². The molecule has 0 aromatic carbocycles. The minimum atomic E-state index is 0.156. The van der Waals surface area contributed by atoms with Gasteiger partial charge in [0.1, 0.15) is 11.6 Å². The average Bonchev–Trinajstić information content (AvgIpc) is 2.11. The van der Waals surface area contributed by atoms with Crippen molar-refractivity contribution in [3.8, 4) is 0 Å². The normalized spacial score (nSPS) is 11.8. The third-order valence-corrected chi connectivity index (χ3v) is 3.14. The van der Waals surface area contributed by atoms with Crippen LogP contribution in [0, 0.1) is 8.99 Å². The van der Waals surface area contributed by atoms with Gasteiger partial charge in [0.2, 0.25) is 0 Å². The van der Waals surface area contributed by atoms with Crippen LogP contribution < -0.4 is 5.73 Å². The van der Waals surface area contributed by atoms with Crippen molar-refractivity contribution < 1.29 is 4.74 Å². The molecule has 0 fully saturated rings. The summed E-state index contributed by atoms with van der Waals surface area (Å²) in [5.74, 6) is 1.33. The van der Waals surface area contributed by atoms with Gasteiger partial charge in [-0.05, 0) is 28.0 Å². The van der Waals surface area contributed by atoms with Crippen molar-refractivity contribution in [1.29, 1.82) is 0 Å². The van der Waals surface area contributed by atoms with Crippen LogP contribution in [-0.2, 0) is 17.8 Å². The Morgan fingerprint density at radius 3 is 2.44 bits per heavy atom. The average molecular weight is 335 g/mol. The highest BCUT2D eigenvalue weighted by atomic mass is 127. The third kappa shape index (κ3) is 3.86. The molecule has 0 aliphatic rings. The molecule has 0 aliphatic carbocycles. The zero-order chi connectivity index (χ0) is 12.3. The summed E-state index contributed by atoms with van der Waals surface area (Å²) in [6.07, 6.45) is 0.810. The number of halogens is 1. The van der Waals surface area contributed by atoms with Crippen molar-refractivity contribution in [2.45, 2.75) is 33.8 Å². The molecule has 1 aromatic heterocycles. The smallest absolute Gasteiger partial charge is 0.140 e. The van der Waals surface area contributed by atoms with Gasteiger partial charge < -0.3 is 10.5 Å². The molecule has 0 radical (unpaired) electrons. The van der Waals surface area contributed by atoms with Crippen LogP contribution in [0.2, 0.25) is 0 Å². The summed E-state index contributed by atoms with van der Waals surface area (Å²) in [4.78, 5) is 8.79. The van der Waals surface area contributed by atoms with Crippen LogP contribution in [-0.4, -0.2) is 17.1 Å². The number of rotatable bonds is 3. The molecule has 16 heavy (non-hydrogen) atoms. The Labute approximate surface area is 110 Å². The van der Waals surface area contributed by atoms with Gasteiger partial charge in [-0.25, -0.2) is 9.97 Å². The second-order valence-corrected chi connectivity index (χ2v) is 6.03. The number of anilines is 1. The van der Waals surface area contributed by atoms with Crippen LogP contribution in [0.4, 0.5) is 5.82 Å². The first-order valence-corrected chi connectivity index (χ1v) is 6.21. The molecule has 4 nitrogen and oxygen atoms in total. The number of hydrogen-bond acceptors (Lipinski definition) is 4. The fourth-order valence-corrected chi connectivity index (χ4v) is 1.75.